The van der Waals surface area contributed by atoms with Gasteiger partial charge in [0, 0.05) is 24.5 Å². The molecule has 0 amide bonds. The second-order valence-corrected chi connectivity index (χ2v) is 5.49. The van der Waals surface area contributed by atoms with E-state index in [0.717, 1.165) is 30.5 Å². The summed E-state index contributed by atoms with van der Waals surface area (Å²) in [6, 6.07) is 11.3. The molecule has 0 atom stereocenters. The fourth-order valence-corrected chi connectivity index (χ4v) is 2.45. The third-order valence-corrected chi connectivity index (χ3v) is 3.84. The van der Waals surface area contributed by atoms with E-state index in [2.05, 4.69) is 48.5 Å². The van der Waals surface area contributed by atoms with E-state index in [-0.39, 0.29) is 0 Å². The Morgan fingerprint density at radius 3 is 2.89 bits per heavy atom. The lowest BCUT2D eigenvalue weighted by Crippen LogP contribution is -2.27. The summed E-state index contributed by atoms with van der Waals surface area (Å²) in [4.78, 5) is 7.14. The van der Waals surface area contributed by atoms with Crippen molar-refractivity contribution in [3.05, 3.63) is 35.9 Å². The van der Waals surface area contributed by atoms with Crippen molar-refractivity contribution >= 4 is 16.7 Å². The zero-order chi connectivity index (χ0) is 13.2. The fourth-order valence-electron chi connectivity index (χ4n) is 2.45. The van der Waals surface area contributed by atoms with Crippen LogP contribution in [0.4, 0.5) is 5.82 Å². The SMILES string of the molecule is Cc1cc2ccccc2nc1NCCN(C)C1CC1. The molecule has 3 heteroatoms. The molecule has 0 saturated heterocycles. The maximum absolute atomic E-state index is 4.70. The summed E-state index contributed by atoms with van der Waals surface area (Å²) in [6.45, 7) is 4.16. The monoisotopic (exact) mass is 255 g/mol. The topological polar surface area (TPSA) is 28.2 Å². The van der Waals surface area contributed by atoms with E-state index >= 15 is 0 Å². The van der Waals surface area contributed by atoms with Crippen molar-refractivity contribution in [3.63, 3.8) is 0 Å². The van der Waals surface area contributed by atoms with Crippen LogP contribution in [0.3, 0.4) is 0 Å². The number of anilines is 1. The van der Waals surface area contributed by atoms with Crippen LogP contribution in [0.1, 0.15) is 18.4 Å². The van der Waals surface area contributed by atoms with E-state index in [0.29, 0.717) is 0 Å². The third kappa shape index (κ3) is 2.87. The number of para-hydroxylation sites is 1. The molecule has 0 bridgehead atoms. The van der Waals surface area contributed by atoms with E-state index in [1.54, 1.807) is 0 Å². The third-order valence-electron chi connectivity index (χ3n) is 3.84. The van der Waals surface area contributed by atoms with Gasteiger partial charge in [-0.15, -0.1) is 0 Å². The fraction of sp³-hybridized carbons (Fsp3) is 0.438. The second kappa shape index (κ2) is 5.17. The summed E-state index contributed by atoms with van der Waals surface area (Å²) >= 11 is 0. The average Bonchev–Trinajstić information content (AvgIpc) is 3.23. The van der Waals surface area contributed by atoms with Gasteiger partial charge >= 0.3 is 0 Å². The quantitative estimate of drug-likeness (QED) is 0.890. The predicted octanol–water partition coefficient (Wildman–Crippen LogP) is 3.05. The molecule has 1 heterocycles. The minimum Gasteiger partial charge on any atom is -0.369 e. The normalized spacial score (nSPS) is 15.1. The molecule has 1 N–H and O–H groups in total. The lowest BCUT2D eigenvalue weighted by atomic mass is 10.1. The van der Waals surface area contributed by atoms with E-state index < -0.39 is 0 Å². The number of aryl methyl sites for hydroxylation is 1. The average molecular weight is 255 g/mol. The first kappa shape index (κ1) is 12.4. The molecule has 1 aliphatic carbocycles. The molecule has 1 aromatic heterocycles. The van der Waals surface area contributed by atoms with Gasteiger partial charge in [-0.1, -0.05) is 18.2 Å². The highest BCUT2D eigenvalue weighted by molar-refractivity contribution is 5.81. The Balaban J connectivity index is 1.67. The van der Waals surface area contributed by atoms with Crippen molar-refractivity contribution in [2.24, 2.45) is 0 Å². The summed E-state index contributed by atoms with van der Waals surface area (Å²) in [5.74, 6) is 1.02. The molecule has 1 aromatic carbocycles. The number of rotatable bonds is 5. The molecule has 2 aromatic rings. The molecule has 0 spiro atoms. The maximum atomic E-state index is 4.70. The van der Waals surface area contributed by atoms with E-state index in [9.17, 15) is 0 Å². The molecule has 0 radical (unpaired) electrons. The van der Waals surface area contributed by atoms with E-state index in [1.165, 1.54) is 23.8 Å². The van der Waals surface area contributed by atoms with Crippen LogP contribution >= 0.6 is 0 Å². The zero-order valence-electron chi connectivity index (χ0n) is 11.7. The standard InChI is InChI=1S/C16H21N3/c1-12-11-13-5-3-4-6-15(13)18-16(12)17-9-10-19(2)14-7-8-14/h3-6,11,14H,7-10H2,1-2H3,(H,17,18). The highest BCUT2D eigenvalue weighted by Gasteiger charge is 2.25. The van der Waals surface area contributed by atoms with Gasteiger partial charge in [-0.2, -0.15) is 0 Å². The van der Waals surface area contributed by atoms with Crippen LogP contribution in [-0.2, 0) is 0 Å². The Labute approximate surface area is 114 Å². The van der Waals surface area contributed by atoms with Crippen LogP contribution in [0.2, 0.25) is 0 Å². The molecule has 19 heavy (non-hydrogen) atoms. The number of pyridine rings is 1. The molecule has 3 rings (SSSR count). The molecule has 0 aliphatic heterocycles. The van der Waals surface area contributed by atoms with Gasteiger partial charge in [0.05, 0.1) is 5.52 Å². The van der Waals surface area contributed by atoms with Gasteiger partial charge in [0.1, 0.15) is 5.82 Å². The first-order chi connectivity index (χ1) is 9.24. The zero-order valence-corrected chi connectivity index (χ0v) is 11.7. The molecule has 0 unspecified atom stereocenters. The first-order valence-corrected chi connectivity index (χ1v) is 7.04. The number of nitrogens with zero attached hydrogens (tertiary/aromatic N) is 2. The van der Waals surface area contributed by atoms with Gasteiger partial charge in [0.25, 0.3) is 0 Å². The summed E-state index contributed by atoms with van der Waals surface area (Å²) in [7, 11) is 2.21. The van der Waals surface area contributed by atoms with Gasteiger partial charge in [-0.05, 0) is 44.5 Å². The molecular formula is C16H21N3. The van der Waals surface area contributed by atoms with Crippen molar-refractivity contribution in [1.29, 1.82) is 0 Å². The number of likely N-dealkylation sites (N-methyl/N-ethyl adjacent to an activating group) is 1. The highest BCUT2D eigenvalue weighted by atomic mass is 15.2. The maximum Gasteiger partial charge on any atom is 0.129 e. The molecule has 3 nitrogen and oxygen atoms in total. The van der Waals surface area contributed by atoms with E-state index in [1.807, 2.05) is 6.07 Å². The number of nitrogens with one attached hydrogen (secondary N) is 1. The minimum atomic E-state index is 0.826. The van der Waals surface area contributed by atoms with Crippen molar-refractivity contribution < 1.29 is 0 Å². The summed E-state index contributed by atoms with van der Waals surface area (Å²) in [5.41, 5.74) is 2.28. The van der Waals surface area contributed by atoms with Gasteiger partial charge in [-0.25, -0.2) is 4.98 Å². The van der Waals surface area contributed by atoms with Crippen molar-refractivity contribution in [1.82, 2.24) is 9.88 Å². The number of aromatic nitrogens is 1. The lowest BCUT2D eigenvalue weighted by Gasteiger charge is -2.17. The number of hydrogen-bond donors (Lipinski definition) is 1. The highest BCUT2D eigenvalue weighted by Crippen LogP contribution is 2.25. The largest absolute Gasteiger partial charge is 0.369 e. The van der Waals surface area contributed by atoms with Crippen LogP contribution in [-0.4, -0.2) is 36.1 Å². The van der Waals surface area contributed by atoms with Crippen LogP contribution in [0.15, 0.2) is 30.3 Å². The molecule has 100 valence electrons. The predicted molar refractivity (Wildman–Crippen MR) is 80.6 cm³/mol. The first-order valence-electron chi connectivity index (χ1n) is 7.04. The van der Waals surface area contributed by atoms with Crippen LogP contribution in [0.25, 0.3) is 10.9 Å². The Bertz CT molecular complexity index is 575. The Morgan fingerprint density at radius 2 is 2.11 bits per heavy atom. The van der Waals surface area contributed by atoms with Gasteiger partial charge < -0.3 is 10.2 Å². The minimum absolute atomic E-state index is 0.826. The Kier molecular flexibility index (Phi) is 3.38. The van der Waals surface area contributed by atoms with E-state index in [4.69, 9.17) is 4.98 Å². The smallest absolute Gasteiger partial charge is 0.129 e. The number of benzene rings is 1. The summed E-state index contributed by atoms with van der Waals surface area (Å²) < 4.78 is 0. The van der Waals surface area contributed by atoms with Gasteiger partial charge in [-0.3, -0.25) is 0 Å². The van der Waals surface area contributed by atoms with Crippen LogP contribution < -0.4 is 5.32 Å². The van der Waals surface area contributed by atoms with Crippen LogP contribution in [0.5, 0.6) is 0 Å². The summed E-state index contributed by atoms with van der Waals surface area (Å²) in [5, 5.41) is 4.67. The lowest BCUT2D eigenvalue weighted by molar-refractivity contribution is 0.337. The van der Waals surface area contributed by atoms with Gasteiger partial charge in [0.15, 0.2) is 0 Å². The van der Waals surface area contributed by atoms with Crippen molar-refractivity contribution in [3.8, 4) is 0 Å². The van der Waals surface area contributed by atoms with Crippen molar-refractivity contribution in [2.45, 2.75) is 25.8 Å². The van der Waals surface area contributed by atoms with Crippen LogP contribution in [0, 0.1) is 6.92 Å². The molecule has 1 aliphatic rings. The molecular weight excluding hydrogens is 234 g/mol. The molecule has 1 fully saturated rings. The Morgan fingerprint density at radius 1 is 1.32 bits per heavy atom. The number of fused-ring (bicyclic) bond motifs is 1. The Hall–Kier alpha value is -1.61. The van der Waals surface area contributed by atoms with Gasteiger partial charge in [0.2, 0.25) is 0 Å². The molecule has 1 saturated carbocycles. The van der Waals surface area contributed by atoms with Crippen molar-refractivity contribution in [2.75, 3.05) is 25.5 Å². The second-order valence-electron chi connectivity index (χ2n) is 5.49. The summed E-state index contributed by atoms with van der Waals surface area (Å²) in [6.07, 6.45) is 2.73. The number of hydrogen-bond acceptors (Lipinski definition) is 3.